The molecule has 21 heavy (non-hydrogen) atoms. The van der Waals surface area contributed by atoms with Gasteiger partial charge >= 0.3 is 0 Å². The first-order valence-corrected chi connectivity index (χ1v) is 8.17. The van der Waals surface area contributed by atoms with E-state index >= 15 is 0 Å². The lowest BCUT2D eigenvalue weighted by Gasteiger charge is -2.22. The molecule has 0 aliphatic carbocycles. The van der Waals surface area contributed by atoms with Gasteiger partial charge in [-0.2, -0.15) is 0 Å². The molecule has 0 bridgehead atoms. The van der Waals surface area contributed by atoms with Crippen LogP contribution in [0.15, 0.2) is 24.3 Å². The third-order valence-corrected chi connectivity index (χ3v) is 4.47. The van der Waals surface area contributed by atoms with E-state index in [-0.39, 0.29) is 5.91 Å². The fourth-order valence-electron chi connectivity index (χ4n) is 3.33. The normalized spacial score (nSPS) is 22.3. The highest BCUT2D eigenvalue weighted by Gasteiger charge is 2.17. The van der Waals surface area contributed by atoms with E-state index in [1.54, 1.807) is 0 Å². The standard InChI is InChI=1S/C17H25N3O/c21-17(11-14-5-4-8-18-13-14)19-15-6-3-7-16(12-15)20-9-1-2-10-20/h3,6-7,12,14,18H,1-2,4-5,8-11,13H2,(H,19,21). The molecule has 1 unspecified atom stereocenters. The van der Waals surface area contributed by atoms with Gasteiger partial charge in [-0.1, -0.05) is 6.07 Å². The molecule has 0 radical (unpaired) electrons. The average molecular weight is 287 g/mol. The second kappa shape index (κ2) is 6.94. The van der Waals surface area contributed by atoms with Crippen LogP contribution in [0.3, 0.4) is 0 Å². The minimum atomic E-state index is 0.141. The molecule has 1 atom stereocenters. The van der Waals surface area contributed by atoms with E-state index in [1.807, 2.05) is 12.1 Å². The van der Waals surface area contributed by atoms with E-state index in [0.29, 0.717) is 12.3 Å². The van der Waals surface area contributed by atoms with Crippen molar-refractivity contribution in [3.05, 3.63) is 24.3 Å². The van der Waals surface area contributed by atoms with Crippen molar-refractivity contribution >= 4 is 17.3 Å². The quantitative estimate of drug-likeness (QED) is 0.894. The number of rotatable bonds is 4. The summed E-state index contributed by atoms with van der Waals surface area (Å²) in [5.41, 5.74) is 2.15. The summed E-state index contributed by atoms with van der Waals surface area (Å²) in [6.45, 7) is 4.33. The molecule has 1 amide bonds. The predicted molar refractivity (Wildman–Crippen MR) is 86.7 cm³/mol. The molecule has 1 aromatic carbocycles. The summed E-state index contributed by atoms with van der Waals surface area (Å²) >= 11 is 0. The largest absolute Gasteiger partial charge is 0.371 e. The molecule has 2 N–H and O–H groups in total. The zero-order chi connectivity index (χ0) is 14.5. The Morgan fingerprint density at radius 1 is 1.29 bits per heavy atom. The Morgan fingerprint density at radius 3 is 2.90 bits per heavy atom. The van der Waals surface area contributed by atoms with Gasteiger partial charge < -0.3 is 15.5 Å². The van der Waals surface area contributed by atoms with Gasteiger partial charge in [0, 0.05) is 30.9 Å². The van der Waals surface area contributed by atoms with E-state index in [4.69, 9.17) is 0 Å². The number of nitrogens with zero attached hydrogens (tertiary/aromatic N) is 1. The summed E-state index contributed by atoms with van der Waals surface area (Å²) in [6, 6.07) is 8.25. The van der Waals surface area contributed by atoms with Crippen molar-refractivity contribution in [2.75, 3.05) is 36.4 Å². The van der Waals surface area contributed by atoms with E-state index in [0.717, 1.165) is 38.3 Å². The van der Waals surface area contributed by atoms with Gasteiger partial charge in [0.15, 0.2) is 0 Å². The number of piperidine rings is 1. The van der Waals surface area contributed by atoms with Crippen molar-refractivity contribution in [3.63, 3.8) is 0 Å². The van der Waals surface area contributed by atoms with E-state index in [9.17, 15) is 4.79 Å². The Balaban J connectivity index is 1.56. The van der Waals surface area contributed by atoms with Crippen LogP contribution in [0.25, 0.3) is 0 Å². The molecule has 2 aliphatic rings. The van der Waals surface area contributed by atoms with Gasteiger partial charge in [-0.15, -0.1) is 0 Å². The molecule has 0 saturated carbocycles. The van der Waals surface area contributed by atoms with Crippen LogP contribution in [-0.4, -0.2) is 32.1 Å². The summed E-state index contributed by atoms with van der Waals surface area (Å²) in [7, 11) is 0. The van der Waals surface area contributed by atoms with E-state index in [2.05, 4.69) is 27.7 Å². The van der Waals surface area contributed by atoms with Crippen LogP contribution in [-0.2, 0) is 4.79 Å². The number of carbonyl (C=O) groups excluding carboxylic acids is 1. The summed E-state index contributed by atoms with van der Waals surface area (Å²) in [5, 5.41) is 6.42. The van der Waals surface area contributed by atoms with Gasteiger partial charge in [0.1, 0.15) is 0 Å². The lowest BCUT2D eigenvalue weighted by Crippen LogP contribution is -2.32. The number of carbonyl (C=O) groups is 1. The van der Waals surface area contributed by atoms with Crippen LogP contribution in [0.4, 0.5) is 11.4 Å². The van der Waals surface area contributed by atoms with Crippen molar-refractivity contribution in [1.29, 1.82) is 0 Å². The second-order valence-electron chi connectivity index (χ2n) is 6.21. The van der Waals surface area contributed by atoms with Gasteiger partial charge in [-0.25, -0.2) is 0 Å². The maximum atomic E-state index is 12.2. The molecule has 2 aliphatic heterocycles. The summed E-state index contributed by atoms with van der Waals surface area (Å²) < 4.78 is 0. The van der Waals surface area contributed by atoms with Gasteiger partial charge in [0.2, 0.25) is 5.91 Å². The first-order chi connectivity index (χ1) is 10.3. The molecule has 114 valence electrons. The molecule has 4 nitrogen and oxygen atoms in total. The number of benzene rings is 1. The van der Waals surface area contributed by atoms with Gasteiger partial charge in [0.05, 0.1) is 0 Å². The number of hydrogen-bond acceptors (Lipinski definition) is 3. The zero-order valence-electron chi connectivity index (χ0n) is 12.6. The average Bonchev–Trinajstić information content (AvgIpc) is 3.02. The molecule has 2 heterocycles. The highest BCUT2D eigenvalue weighted by molar-refractivity contribution is 5.91. The maximum absolute atomic E-state index is 12.2. The highest BCUT2D eigenvalue weighted by Crippen LogP contribution is 2.24. The Labute approximate surface area is 126 Å². The lowest BCUT2D eigenvalue weighted by molar-refractivity contribution is -0.117. The molecular weight excluding hydrogens is 262 g/mol. The maximum Gasteiger partial charge on any atom is 0.224 e. The molecule has 0 spiro atoms. The SMILES string of the molecule is O=C(CC1CCCNC1)Nc1cccc(N2CCCC2)c1. The van der Waals surface area contributed by atoms with Crippen molar-refractivity contribution in [2.45, 2.75) is 32.1 Å². The number of anilines is 2. The number of nitrogens with one attached hydrogen (secondary N) is 2. The minimum absolute atomic E-state index is 0.141. The Morgan fingerprint density at radius 2 is 2.14 bits per heavy atom. The first kappa shape index (κ1) is 14.4. The Bertz CT molecular complexity index is 477. The Hall–Kier alpha value is -1.55. The van der Waals surface area contributed by atoms with E-state index < -0.39 is 0 Å². The number of hydrogen-bond donors (Lipinski definition) is 2. The van der Waals surface area contributed by atoms with Crippen molar-refractivity contribution in [1.82, 2.24) is 5.32 Å². The third-order valence-electron chi connectivity index (χ3n) is 4.47. The smallest absolute Gasteiger partial charge is 0.224 e. The molecule has 2 fully saturated rings. The van der Waals surface area contributed by atoms with Gasteiger partial charge in [-0.05, 0) is 62.9 Å². The monoisotopic (exact) mass is 287 g/mol. The van der Waals surface area contributed by atoms with Crippen LogP contribution in [0.1, 0.15) is 32.1 Å². The first-order valence-electron chi connectivity index (χ1n) is 8.17. The van der Waals surface area contributed by atoms with Crippen molar-refractivity contribution < 1.29 is 4.79 Å². The molecule has 3 rings (SSSR count). The predicted octanol–water partition coefficient (Wildman–Crippen LogP) is 2.62. The van der Waals surface area contributed by atoms with Crippen LogP contribution in [0, 0.1) is 5.92 Å². The fraction of sp³-hybridized carbons (Fsp3) is 0.588. The third kappa shape index (κ3) is 3.97. The minimum Gasteiger partial charge on any atom is -0.371 e. The molecule has 1 aromatic rings. The van der Waals surface area contributed by atoms with Crippen LogP contribution >= 0.6 is 0 Å². The summed E-state index contributed by atoms with van der Waals surface area (Å²) in [6.07, 6.45) is 5.51. The van der Waals surface area contributed by atoms with Crippen LogP contribution < -0.4 is 15.5 Å². The molecule has 2 saturated heterocycles. The summed E-state index contributed by atoms with van der Waals surface area (Å²) in [5.74, 6) is 0.628. The number of amides is 1. The molecule has 4 heteroatoms. The van der Waals surface area contributed by atoms with Crippen LogP contribution in [0.5, 0.6) is 0 Å². The Kier molecular flexibility index (Phi) is 4.76. The van der Waals surface area contributed by atoms with E-state index in [1.165, 1.54) is 24.9 Å². The highest BCUT2D eigenvalue weighted by atomic mass is 16.1. The van der Waals surface area contributed by atoms with Crippen molar-refractivity contribution in [3.8, 4) is 0 Å². The van der Waals surface area contributed by atoms with Crippen LogP contribution in [0.2, 0.25) is 0 Å². The topological polar surface area (TPSA) is 44.4 Å². The van der Waals surface area contributed by atoms with Crippen molar-refractivity contribution in [2.24, 2.45) is 5.92 Å². The zero-order valence-corrected chi connectivity index (χ0v) is 12.6. The van der Waals surface area contributed by atoms with Gasteiger partial charge in [0.25, 0.3) is 0 Å². The molecule has 0 aromatic heterocycles. The molecular formula is C17H25N3O. The van der Waals surface area contributed by atoms with Gasteiger partial charge in [-0.3, -0.25) is 4.79 Å². The second-order valence-corrected chi connectivity index (χ2v) is 6.21. The lowest BCUT2D eigenvalue weighted by atomic mass is 9.96. The fourth-order valence-corrected chi connectivity index (χ4v) is 3.33. The summed E-state index contributed by atoms with van der Waals surface area (Å²) in [4.78, 5) is 14.6.